The van der Waals surface area contributed by atoms with Crippen LogP contribution in [0.1, 0.15) is 68.8 Å². The van der Waals surface area contributed by atoms with E-state index >= 15 is 0 Å². The number of fused-ring (bicyclic) bond motifs is 1. The van der Waals surface area contributed by atoms with E-state index in [-0.39, 0.29) is 17.8 Å². The van der Waals surface area contributed by atoms with Crippen molar-refractivity contribution in [1.29, 1.82) is 0 Å². The summed E-state index contributed by atoms with van der Waals surface area (Å²) in [6.45, 7) is 4.72. The van der Waals surface area contributed by atoms with E-state index in [0.29, 0.717) is 34.4 Å². The van der Waals surface area contributed by atoms with Crippen LogP contribution in [0.2, 0.25) is 0 Å². The van der Waals surface area contributed by atoms with Gasteiger partial charge in [0.05, 0.1) is 11.1 Å². The highest BCUT2D eigenvalue weighted by molar-refractivity contribution is 6.40. The molecule has 0 atom stereocenters. The van der Waals surface area contributed by atoms with Crippen LogP contribution in [0.5, 0.6) is 0 Å². The van der Waals surface area contributed by atoms with Crippen molar-refractivity contribution in [3.63, 3.8) is 0 Å². The first-order valence-electron chi connectivity index (χ1n) is 9.35. The molecular weight excluding hydrogens is 314 g/mol. The van der Waals surface area contributed by atoms with Gasteiger partial charge in [0, 0.05) is 24.2 Å². The quantitative estimate of drug-likeness (QED) is 0.666. The summed E-state index contributed by atoms with van der Waals surface area (Å²) >= 11 is 0. The maximum absolute atomic E-state index is 13.8. The zero-order valence-corrected chi connectivity index (χ0v) is 15.1. The van der Waals surface area contributed by atoms with Crippen molar-refractivity contribution in [2.24, 2.45) is 5.92 Å². The van der Waals surface area contributed by atoms with Crippen LogP contribution in [-0.4, -0.2) is 24.9 Å². The van der Waals surface area contributed by atoms with Gasteiger partial charge in [-0.25, -0.2) is 4.39 Å². The van der Waals surface area contributed by atoms with Crippen molar-refractivity contribution < 1.29 is 9.18 Å². The molecule has 0 unspecified atom stereocenters. The number of nitrogens with zero attached hydrogens (tertiary/aromatic N) is 1. The fraction of sp³-hybridized carbons (Fsp3) is 0.550. The van der Waals surface area contributed by atoms with Gasteiger partial charge in [-0.3, -0.25) is 4.79 Å². The predicted octanol–water partition coefficient (Wildman–Crippen LogP) is 3.86. The van der Waals surface area contributed by atoms with Gasteiger partial charge in [0.2, 0.25) is 0 Å². The molecule has 2 radical (unpaired) electrons. The second-order valence-corrected chi connectivity index (χ2v) is 7.50. The third-order valence-electron chi connectivity index (χ3n) is 5.26. The minimum Gasteiger partial charge on any atom is -0.352 e. The average Bonchev–Trinajstić information content (AvgIpc) is 2.75. The Morgan fingerprint density at radius 3 is 2.60 bits per heavy atom. The fourth-order valence-electron chi connectivity index (χ4n) is 3.88. The molecule has 132 valence electrons. The molecule has 1 heterocycles. The first-order valence-corrected chi connectivity index (χ1v) is 9.35. The van der Waals surface area contributed by atoms with Crippen LogP contribution >= 0.6 is 0 Å². The number of nitrogens with one attached hydrogen (secondary N) is 1. The number of hydrogen-bond donors (Lipinski definition) is 1. The number of carbonyl (C=O) groups excluding carboxylic acids is 1. The topological polar surface area (TPSA) is 34.0 Å². The number of hydrogen-bond acceptors (Lipinski definition) is 1. The molecule has 0 spiro atoms. The Labute approximate surface area is 150 Å². The molecule has 1 saturated carbocycles. The second kappa shape index (κ2) is 7.63. The van der Waals surface area contributed by atoms with Crippen LogP contribution in [-0.2, 0) is 0 Å². The van der Waals surface area contributed by atoms with E-state index in [1.807, 2.05) is 18.4 Å². The summed E-state index contributed by atoms with van der Waals surface area (Å²) in [7, 11) is 6.04. The highest BCUT2D eigenvalue weighted by Gasteiger charge is 2.20. The monoisotopic (exact) mass is 340 g/mol. The number of benzene rings is 1. The van der Waals surface area contributed by atoms with Crippen LogP contribution < -0.4 is 10.8 Å². The Bertz CT molecular complexity index is 761. The van der Waals surface area contributed by atoms with Gasteiger partial charge in [0.25, 0.3) is 5.91 Å². The van der Waals surface area contributed by atoms with E-state index in [4.69, 9.17) is 7.85 Å². The zero-order chi connectivity index (χ0) is 18.0. The maximum atomic E-state index is 13.8. The van der Waals surface area contributed by atoms with Gasteiger partial charge < -0.3 is 9.88 Å². The van der Waals surface area contributed by atoms with Crippen molar-refractivity contribution in [3.05, 3.63) is 29.7 Å². The Hall–Kier alpha value is -1.78. The van der Waals surface area contributed by atoms with Gasteiger partial charge in [0.1, 0.15) is 13.7 Å². The van der Waals surface area contributed by atoms with Gasteiger partial charge in [-0.2, -0.15) is 0 Å². The summed E-state index contributed by atoms with van der Waals surface area (Å²) in [5.41, 5.74) is 1.52. The highest BCUT2D eigenvalue weighted by atomic mass is 19.1. The van der Waals surface area contributed by atoms with Crippen LogP contribution in [0.4, 0.5) is 4.39 Å². The first-order chi connectivity index (χ1) is 12.0. The SMILES string of the molecule is [B]c1cc(F)cc2c1c(C(=O)NCC1CCCCCC1)cn2C(C)C. The zero-order valence-electron chi connectivity index (χ0n) is 15.1. The minimum atomic E-state index is -0.379. The lowest BCUT2D eigenvalue weighted by Gasteiger charge is -2.14. The van der Waals surface area contributed by atoms with E-state index in [9.17, 15) is 9.18 Å². The predicted molar refractivity (Wildman–Crippen MR) is 101 cm³/mol. The number of amides is 1. The van der Waals surface area contributed by atoms with Gasteiger partial charge in [-0.05, 0) is 44.7 Å². The van der Waals surface area contributed by atoms with Gasteiger partial charge in [-0.15, -0.1) is 0 Å². The summed E-state index contributed by atoms with van der Waals surface area (Å²) in [5.74, 6) is 0.0575. The van der Waals surface area contributed by atoms with Crippen LogP contribution in [0, 0.1) is 11.7 Å². The molecule has 1 aliphatic carbocycles. The molecule has 2 aromatic rings. The molecule has 0 saturated heterocycles. The Balaban J connectivity index is 1.85. The van der Waals surface area contributed by atoms with Crippen LogP contribution in [0.25, 0.3) is 10.9 Å². The largest absolute Gasteiger partial charge is 0.352 e. The molecule has 1 aromatic heterocycles. The molecular formula is C20H26BFN2O. The molecule has 1 N–H and O–H groups in total. The second-order valence-electron chi connectivity index (χ2n) is 7.50. The molecule has 1 amide bonds. The summed E-state index contributed by atoms with van der Waals surface area (Å²) in [5, 5.41) is 3.73. The third kappa shape index (κ3) is 3.91. The van der Waals surface area contributed by atoms with Crippen molar-refractivity contribution in [1.82, 2.24) is 9.88 Å². The Morgan fingerprint density at radius 1 is 1.28 bits per heavy atom. The van der Waals surface area contributed by atoms with Crippen molar-refractivity contribution in [2.45, 2.75) is 58.4 Å². The lowest BCUT2D eigenvalue weighted by molar-refractivity contribution is 0.0947. The van der Waals surface area contributed by atoms with E-state index < -0.39 is 0 Å². The van der Waals surface area contributed by atoms with Gasteiger partial charge in [0.15, 0.2) is 0 Å². The lowest BCUT2D eigenvalue weighted by Crippen LogP contribution is -2.29. The fourth-order valence-corrected chi connectivity index (χ4v) is 3.88. The summed E-state index contributed by atoms with van der Waals surface area (Å²) < 4.78 is 15.7. The van der Waals surface area contributed by atoms with E-state index in [2.05, 4.69) is 5.32 Å². The normalized spacial score (nSPS) is 16.3. The smallest absolute Gasteiger partial charge is 0.253 e. The number of halogens is 1. The molecule has 0 bridgehead atoms. The average molecular weight is 340 g/mol. The number of rotatable bonds is 4. The third-order valence-corrected chi connectivity index (χ3v) is 5.26. The van der Waals surface area contributed by atoms with E-state index in [1.165, 1.54) is 50.7 Å². The van der Waals surface area contributed by atoms with E-state index in [1.54, 1.807) is 6.20 Å². The standard InChI is InChI=1S/C20H26BFN2O/c1-13(2)24-12-16(19-17(21)9-15(22)10-18(19)24)20(25)23-11-14-7-5-3-4-6-8-14/h9-10,12-14H,3-8,11H2,1-2H3,(H,23,25). The number of carbonyl (C=O) groups is 1. The molecule has 3 nitrogen and oxygen atoms in total. The van der Waals surface area contributed by atoms with Crippen molar-refractivity contribution in [3.8, 4) is 0 Å². The minimum absolute atomic E-state index is 0.118. The van der Waals surface area contributed by atoms with Crippen molar-refractivity contribution in [2.75, 3.05) is 6.54 Å². The molecule has 1 aromatic carbocycles. The summed E-state index contributed by atoms with van der Waals surface area (Å²) in [6, 6.07) is 2.86. The highest BCUT2D eigenvalue weighted by Crippen LogP contribution is 2.25. The first kappa shape index (κ1) is 18.0. The van der Waals surface area contributed by atoms with Crippen LogP contribution in [0.3, 0.4) is 0 Å². The molecule has 1 fully saturated rings. The molecule has 3 rings (SSSR count). The van der Waals surface area contributed by atoms with E-state index in [0.717, 1.165) is 0 Å². The maximum Gasteiger partial charge on any atom is 0.253 e. The van der Waals surface area contributed by atoms with Gasteiger partial charge in [-0.1, -0.05) is 31.1 Å². The van der Waals surface area contributed by atoms with Gasteiger partial charge >= 0.3 is 0 Å². The number of aromatic nitrogens is 1. The molecule has 0 aliphatic heterocycles. The Morgan fingerprint density at radius 2 is 1.96 bits per heavy atom. The summed E-state index contributed by atoms with van der Waals surface area (Å²) in [4.78, 5) is 12.8. The Kier molecular flexibility index (Phi) is 5.50. The molecule has 5 heteroatoms. The molecule has 1 aliphatic rings. The lowest BCUT2D eigenvalue weighted by atomic mass is 9.90. The molecule has 25 heavy (non-hydrogen) atoms. The van der Waals surface area contributed by atoms with Crippen molar-refractivity contribution >= 4 is 30.1 Å². The summed E-state index contributed by atoms with van der Waals surface area (Å²) in [6.07, 6.45) is 9.26. The van der Waals surface area contributed by atoms with Crippen LogP contribution in [0.15, 0.2) is 18.3 Å².